The van der Waals surface area contributed by atoms with E-state index in [1.807, 2.05) is 0 Å². The number of nitrogens with zero attached hydrogens (tertiary/aromatic N) is 3. The van der Waals surface area contributed by atoms with E-state index in [9.17, 15) is 23.6 Å². The summed E-state index contributed by atoms with van der Waals surface area (Å²) < 4.78 is 26.9. The van der Waals surface area contributed by atoms with Crippen molar-refractivity contribution >= 4 is 17.4 Å². The molecule has 1 aliphatic carbocycles. The standard InChI is InChI=1S/C26H24F2N4O2/c27-18-6-4-17(5-7-18)24-23-21(2-1-3-22(23)33)30-26(24,16-29)25(34)32-14-12-31(13-15-32)20-10-8-19(28)9-11-20/h4-11,24,30H,1-3,12-15H2. The highest BCUT2D eigenvalue weighted by molar-refractivity contribution is 6.04. The molecule has 2 aromatic rings. The normalized spacial score (nSPS) is 24.5. The molecule has 0 bridgehead atoms. The molecule has 1 N–H and O–H groups in total. The Morgan fingerprint density at radius 2 is 1.59 bits per heavy atom. The van der Waals surface area contributed by atoms with Gasteiger partial charge < -0.3 is 15.1 Å². The minimum atomic E-state index is -1.67. The molecule has 2 unspecified atom stereocenters. The number of nitrogens with one attached hydrogen (secondary N) is 1. The Morgan fingerprint density at radius 3 is 2.21 bits per heavy atom. The maximum absolute atomic E-state index is 13.9. The second-order valence-corrected chi connectivity index (χ2v) is 8.95. The van der Waals surface area contributed by atoms with Gasteiger partial charge in [-0.15, -0.1) is 0 Å². The van der Waals surface area contributed by atoms with Gasteiger partial charge in [0.2, 0.25) is 5.54 Å². The summed E-state index contributed by atoms with van der Waals surface area (Å²) in [4.78, 5) is 30.5. The van der Waals surface area contributed by atoms with Crippen molar-refractivity contribution in [1.29, 1.82) is 5.26 Å². The lowest BCUT2D eigenvalue weighted by Gasteiger charge is -2.40. The van der Waals surface area contributed by atoms with Gasteiger partial charge in [-0.05, 0) is 54.8 Å². The molecule has 0 saturated carbocycles. The van der Waals surface area contributed by atoms with Gasteiger partial charge in [0.15, 0.2) is 5.78 Å². The topological polar surface area (TPSA) is 76.4 Å². The third-order valence-corrected chi connectivity index (χ3v) is 7.00. The van der Waals surface area contributed by atoms with E-state index in [0.717, 1.165) is 5.69 Å². The van der Waals surface area contributed by atoms with Gasteiger partial charge in [-0.1, -0.05) is 12.1 Å². The Labute approximate surface area is 196 Å². The predicted molar refractivity (Wildman–Crippen MR) is 122 cm³/mol. The minimum Gasteiger partial charge on any atom is -0.368 e. The number of nitriles is 1. The van der Waals surface area contributed by atoms with Crippen molar-refractivity contribution in [2.45, 2.75) is 30.7 Å². The molecule has 0 spiro atoms. The third kappa shape index (κ3) is 3.61. The van der Waals surface area contributed by atoms with Crippen LogP contribution in [0.3, 0.4) is 0 Å². The number of halogens is 2. The average Bonchev–Trinajstić information content (AvgIpc) is 3.21. The zero-order chi connectivity index (χ0) is 23.9. The molecule has 0 radical (unpaired) electrons. The number of piperazine rings is 1. The average molecular weight is 463 g/mol. The van der Waals surface area contributed by atoms with E-state index in [4.69, 9.17) is 0 Å². The SMILES string of the molecule is N#CC1(C(=O)N2CCN(c3ccc(F)cc3)CC2)NC2=C(C(=O)CCC2)C1c1ccc(F)cc1. The molecule has 2 heterocycles. The number of benzene rings is 2. The van der Waals surface area contributed by atoms with Crippen molar-refractivity contribution in [3.05, 3.63) is 77.0 Å². The summed E-state index contributed by atoms with van der Waals surface area (Å²) in [5, 5.41) is 13.5. The van der Waals surface area contributed by atoms with Gasteiger partial charge in [0.1, 0.15) is 17.7 Å². The summed E-state index contributed by atoms with van der Waals surface area (Å²) in [7, 11) is 0. The Balaban J connectivity index is 1.44. The van der Waals surface area contributed by atoms with E-state index in [1.165, 1.54) is 24.3 Å². The number of amides is 1. The van der Waals surface area contributed by atoms with E-state index in [0.29, 0.717) is 62.3 Å². The quantitative estimate of drug-likeness (QED) is 0.758. The highest BCUT2D eigenvalue weighted by atomic mass is 19.1. The summed E-state index contributed by atoms with van der Waals surface area (Å²) in [5.74, 6) is -1.99. The van der Waals surface area contributed by atoms with Gasteiger partial charge in [-0.25, -0.2) is 8.78 Å². The summed E-state index contributed by atoms with van der Waals surface area (Å²) in [6.07, 6.45) is 1.62. The van der Waals surface area contributed by atoms with Crippen molar-refractivity contribution in [2.24, 2.45) is 0 Å². The number of ketones is 1. The molecule has 34 heavy (non-hydrogen) atoms. The molecule has 0 aromatic heterocycles. The van der Waals surface area contributed by atoms with Crippen LogP contribution in [0.25, 0.3) is 0 Å². The molecule has 1 fully saturated rings. The lowest BCUT2D eigenvalue weighted by Crippen LogP contribution is -2.61. The fraction of sp³-hybridized carbons (Fsp3) is 0.346. The molecule has 1 amide bonds. The first kappa shape index (κ1) is 22.1. The van der Waals surface area contributed by atoms with Gasteiger partial charge in [-0.2, -0.15) is 5.26 Å². The molecule has 2 atom stereocenters. The van der Waals surface area contributed by atoms with Crippen LogP contribution in [0, 0.1) is 23.0 Å². The van der Waals surface area contributed by atoms with E-state index in [-0.39, 0.29) is 17.5 Å². The number of rotatable bonds is 3. The Morgan fingerprint density at radius 1 is 0.971 bits per heavy atom. The third-order valence-electron chi connectivity index (χ3n) is 7.00. The molecule has 2 aromatic carbocycles. The smallest absolute Gasteiger partial charge is 0.264 e. The van der Waals surface area contributed by atoms with Crippen LogP contribution in [0.4, 0.5) is 14.5 Å². The van der Waals surface area contributed by atoms with Crippen LogP contribution in [-0.2, 0) is 9.59 Å². The Kier molecular flexibility index (Phi) is 5.56. The van der Waals surface area contributed by atoms with Crippen LogP contribution in [-0.4, -0.2) is 48.3 Å². The molecular formula is C26H24F2N4O2. The van der Waals surface area contributed by atoms with Gasteiger partial charge in [0, 0.05) is 49.6 Å². The van der Waals surface area contributed by atoms with Crippen molar-refractivity contribution in [2.75, 3.05) is 31.1 Å². The maximum Gasteiger partial charge on any atom is 0.264 e. The fourth-order valence-electron chi connectivity index (χ4n) is 5.31. The van der Waals surface area contributed by atoms with Gasteiger partial charge in [0.25, 0.3) is 5.91 Å². The van der Waals surface area contributed by atoms with Crippen molar-refractivity contribution < 1.29 is 18.4 Å². The molecule has 6 nitrogen and oxygen atoms in total. The highest BCUT2D eigenvalue weighted by Crippen LogP contribution is 2.46. The van der Waals surface area contributed by atoms with Crippen molar-refractivity contribution in [3.8, 4) is 6.07 Å². The van der Waals surface area contributed by atoms with E-state index in [1.54, 1.807) is 29.2 Å². The van der Waals surface area contributed by atoms with Crippen molar-refractivity contribution in [1.82, 2.24) is 10.2 Å². The van der Waals surface area contributed by atoms with Crippen LogP contribution in [0.1, 0.15) is 30.7 Å². The monoisotopic (exact) mass is 462 g/mol. The minimum absolute atomic E-state index is 0.0749. The number of carbonyl (C=O) groups is 2. The van der Waals surface area contributed by atoms with Gasteiger partial charge >= 0.3 is 0 Å². The Hall–Kier alpha value is -3.73. The van der Waals surface area contributed by atoms with Crippen LogP contribution in [0.5, 0.6) is 0 Å². The predicted octanol–water partition coefficient (Wildman–Crippen LogP) is 3.27. The second-order valence-electron chi connectivity index (χ2n) is 8.95. The molecule has 174 valence electrons. The molecule has 1 saturated heterocycles. The van der Waals surface area contributed by atoms with Crippen LogP contribution in [0.2, 0.25) is 0 Å². The van der Waals surface area contributed by atoms with E-state index < -0.39 is 17.3 Å². The second kappa shape index (κ2) is 8.56. The van der Waals surface area contributed by atoms with E-state index in [2.05, 4.69) is 16.3 Å². The lowest BCUT2D eigenvalue weighted by atomic mass is 9.74. The number of hydrogen-bond donors (Lipinski definition) is 1. The number of Topliss-reactive ketones (excluding diaryl/α,β-unsaturated/α-hetero) is 1. The van der Waals surface area contributed by atoms with Gasteiger partial charge in [0.05, 0.1) is 5.92 Å². The highest BCUT2D eigenvalue weighted by Gasteiger charge is 2.57. The van der Waals surface area contributed by atoms with Gasteiger partial charge in [-0.3, -0.25) is 9.59 Å². The molecule has 3 aliphatic rings. The number of anilines is 1. The fourth-order valence-corrected chi connectivity index (χ4v) is 5.31. The van der Waals surface area contributed by atoms with Crippen LogP contribution < -0.4 is 10.2 Å². The Bertz CT molecular complexity index is 1190. The first-order valence-corrected chi connectivity index (χ1v) is 11.4. The zero-order valence-electron chi connectivity index (χ0n) is 18.6. The first-order chi connectivity index (χ1) is 16.4. The lowest BCUT2D eigenvalue weighted by molar-refractivity contribution is -0.136. The number of hydrogen-bond acceptors (Lipinski definition) is 5. The zero-order valence-corrected chi connectivity index (χ0v) is 18.6. The maximum atomic E-state index is 13.9. The summed E-state index contributed by atoms with van der Waals surface area (Å²) in [5.41, 5.74) is 0.882. The first-order valence-electron chi connectivity index (χ1n) is 11.4. The number of carbonyl (C=O) groups excluding carboxylic acids is 2. The molecule has 5 rings (SSSR count). The summed E-state index contributed by atoms with van der Waals surface area (Å²) in [6, 6.07) is 14.1. The molecular weight excluding hydrogens is 438 g/mol. The summed E-state index contributed by atoms with van der Waals surface area (Å²) >= 11 is 0. The molecule has 2 aliphatic heterocycles. The summed E-state index contributed by atoms with van der Waals surface area (Å²) in [6.45, 7) is 1.84. The van der Waals surface area contributed by atoms with Crippen LogP contribution in [0.15, 0.2) is 59.8 Å². The van der Waals surface area contributed by atoms with Crippen molar-refractivity contribution in [3.63, 3.8) is 0 Å². The largest absolute Gasteiger partial charge is 0.368 e. The number of allylic oxidation sites excluding steroid dienone is 1. The van der Waals surface area contributed by atoms with Crippen LogP contribution >= 0.6 is 0 Å². The van der Waals surface area contributed by atoms with E-state index >= 15 is 0 Å². The molecule has 8 heteroatoms.